The molecule has 0 spiro atoms. The van der Waals surface area contributed by atoms with Crippen molar-refractivity contribution in [2.45, 2.75) is 52.0 Å². The number of hydrogen-bond acceptors (Lipinski definition) is 6. The number of nitrogens with zero attached hydrogens (tertiary/aromatic N) is 7. The van der Waals surface area contributed by atoms with Crippen LogP contribution in [0.5, 0.6) is 0 Å². The summed E-state index contributed by atoms with van der Waals surface area (Å²) in [5.41, 5.74) is 0.659. The second-order valence-corrected chi connectivity index (χ2v) is 8.97. The summed E-state index contributed by atoms with van der Waals surface area (Å²) in [5, 5.41) is 13.4. The van der Waals surface area contributed by atoms with Crippen LogP contribution in [0.3, 0.4) is 0 Å². The van der Waals surface area contributed by atoms with E-state index in [0.717, 1.165) is 69.4 Å². The van der Waals surface area contributed by atoms with Gasteiger partial charge in [0.2, 0.25) is 5.91 Å². The fraction of sp³-hybridized carbons (Fsp3) is 0.700. The van der Waals surface area contributed by atoms with Crippen LogP contribution in [0.15, 0.2) is 12.1 Å². The zero-order chi connectivity index (χ0) is 19.9. The predicted octanol–water partition coefficient (Wildman–Crippen LogP) is 1.55. The van der Waals surface area contributed by atoms with E-state index >= 15 is 0 Å². The van der Waals surface area contributed by atoms with Crippen LogP contribution < -0.4 is 4.90 Å². The third-order valence-corrected chi connectivity index (χ3v) is 5.88. The van der Waals surface area contributed by atoms with Crippen molar-refractivity contribution >= 4 is 17.4 Å². The molecule has 1 atom stereocenters. The van der Waals surface area contributed by atoms with Crippen LogP contribution in [-0.2, 0) is 10.2 Å². The number of aromatic nitrogens is 4. The van der Waals surface area contributed by atoms with Gasteiger partial charge in [0.25, 0.3) is 0 Å². The van der Waals surface area contributed by atoms with Gasteiger partial charge in [-0.1, -0.05) is 20.8 Å². The number of rotatable bonds is 3. The molecule has 0 saturated carbocycles. The molecule has 4 rings (SSSR count). The van der Waals surface area contributed by atoms with Gasteiger partial charge in [0.15, 0.2) is 11.5 Å². The topological polar surface area (TPSA) is 69.9 Å². The number of anilines is 1. The highest BCUT2D eigenvalue weighted by Gasteiger charge is 2.30. The quantitative estimate of drug-likeness (QED) is 0.799. The Hall–Kier alpha value is -2.22. The van der Waals surface area contributed by atoms with Crippen LogP contribution >= 0.6 is 0 Å². The molecule has 0 aromatic carbocycles. The van der Waals surface area contributed by atoms with Gasteiger partial charge < -0.3 is 9.80 Å². The Morgan fingerprint density at radius 3 is 2.32 bits per heavy atom. The zero-order valence-corrected chi connectivity index (χ0v) is 17.4. The monoisotopic (exact) mass is 385 g/mol. The van der Waals surface area contributed by atoms with Crippen molar-refractivity contribution in [1.29, 1.82) is 0 Å². The maximum Gasteiger partial charge on any atom is 0.239 e. The van der Waals surface area contributed by atoms with Crippen molar-refractivity contribution < 1.29 is 4.79 Å². The lowest BCUT2D eigenvalue weighted by Gasteiger charge is -2.38. The lowest BCUT2D eigenvalue weighted by molar-refractivity contribution is -0.135. The molecular weight excluding hydrogens is 354 g/mol. The van der Waals surface area contributed by atoms with E-state index in [4.69, 9.17) is 5.10 Å². The van der Waals surface area contributed by atoms with Crippen molar-refractivity contribution in [2.75, 3.05) is 44.2 Å². The first-order chi connectivity index (χ1) is 13.3. The van der Waals surface area contributed by atoms with Crippen LogP contribution in [0.4, 0.5) is 5.82 Å². The molecule has 2 saturated heterocycles. The summed E-state index contributed by atoms with van der Waals surface area (Å²) in [7, 11) is 0. The molecule has 0 aliphatic carbocycles. The maximum absolute atomic E-state index is 12.7. The average Bonchev–Trinajstić information content (AvgIpc) is 3.35. The van der Waals surface area contributed by atoms with Crippen molar-refractivity contribution in [3.05, 3.63) is 18.0 Å². The molecule has 2 aliphatic rings. The highest BCUT2D eigenvalue weighted by atomic mass is 16.2. The average molecular weight is 386 g/mol. The minimum atomic E-state index is -0.116. The van der Waals surface area contributed by atoms with E-state index in [-0.39, 0.29) is 17.4 Å². The number of carbonyl (C=O) groups is 1. The zero-order valence-electron chi connectivity index (χ0n) is 17.4. The summed E-state index contributed by atoms with van der Waals surface area (Å²) >= 11 is 0. The summed E-state index contributed by atoms with van der Waals surface area (Å²) in [4.78, 5) is 19.3. The van der Waals surface area contributed by atoms with Crippen LogP contribution in [0.25, 0.3) is 5.65 Å². The molecule has 8 nitrogen and oxygen atoms in total. The fourth-order valence-corrected chi connectivity index (χ4v) is 4.11. The molecular formula is C20H31N7O. The molecule has 1 amide bonds. The molecule has 0 bridgehead atoms. The summed E-state index contributed by atoms with van der Waals surface area (Å²) in [6.07, 6.45) is 2.28. The van der Waals surface area contributed by atoms with Gasteiger partial charge in [-0.2, -0.15) is 4.52 Å². The predicted molar refractivity (Wildman–Crippen MR) is 109 cm³/mol. The first-order valence-electron chi connectivity index (χ1n) is 10.4. The van der Waals surface area contributed by atoms with Gasteiger partial charge in [-0.25, -0.2) is 0 Å². The molecule has 2 aliphatic heterocycles. The van der Waals surface area contributed by atoms with Gasteiger partial charge in [-0.3, -0.25) is 9.69 Å². The second kappa shape index (κ2) is 7.31. The molecule has 28 heavy (non-hydrogen) atoms. The number of fused-ring (bicyclic) bond motifs is 1. The van der Waals surface area contributed by atoms with E-state index in [9.17, 15) is 4.79 Å². The van der Waals surface area contributed by atoms with Gasteiger partial charge in [0, 0.05) is 44.7 Å². The molecule has 4 heterocycles. The highest BCUT2D eigenvalue weighted by Crippen LogP contribution is 2.22. The number of likely N-dealkylation sites (tertiary alicyclic amines) is 1. The van der Waals surface area contributed by atoms with Gasteiger partial charge >= 0.3 is 0 Å². The molecule has 1 unspecified atom stereocenters. The smallest absolute Gasteiger partial charge is 0.239 e. The third-order valence-electron chi connectivity index (χ3n) is 5.88. The molecule has 0 N–H and O–H groups in total. The van der Waals surface area contributed by atoms with E-state index in [1.54, 1.807) is 0 Å². The summed E-state index contributed by atoms with van der Waals surface area (Å²) in [6, 6.07) is 3.96. The van der Waals surface area contributed by atoms with Crippen LogP contribution in [-0.4, -0.2) is 80.8 Å². The lowest BCUT2D eigenvalue weighted by atomic mass is 9.96. The van der Waals surface area contributed by atoms with E-state index in [1.165, 1.54) is 0 Å². The van der Waals surface area contributed by atoms with Crippen molar-refractivity contribution in [3.63, 3.8) is 0 Å². The first-order valence-corrected chi connectivity index (χ1v) is 10.4. The largest absolute Gasteiger partial charge is 0.353 e. The summed E-state index contributed by atoms with van der Waals surface area (Å²) in [5.74, 6) is 2.09. The Morgan fingerprint density at radius 2 is 1.68 bits per heavy atom. The standard InChI is InChI=1S/C20H31N7O/c1-15(18(28)26-9-5-6-10-26)24-11-13-25(14-12-24)17-8-7-16-21-22-19(20(2,3)4)27(16)23-17/h7-8,15H,5-6,9-14H2,1-4H3. The van der Waals surface area contributed by atoms with Gasteiger partial charge in [-0.15, -0.1) is 15.3 Å². The molecule has 2 aromatic rings. The Bertz CT molecular complexity index is 842. The van der Waals surface area contributed by atoms with Crippen LogP contribution in [0, 0.1) is 0 Å². The number of carbonyl (C=O) groups excluding carboxylic acids is 1. The third kappa shape index (κ3) is 3.57. The molecule has 2 aromatic heterocycles. The number of hydrogen-bond donors (Lipinski definition) is 0. The minimum Gasteiger partial charge on any atom is -0.353 e. The minimum absolute atomic E-state index is 0.0407. The van der Waals surface area contributed by atoms with E-state index in [1.807, 2.05) is 28.5 Å². The molecule has 8 heteroatoms. The highest BCUT2D eigenvalue weighted by molar-refractivity contribution is 5.81. The lowest BCUT2D eigenvalue weighted by Crippen LogP contribution is -2.54. The maximum atomic E-state index is 12.7. The first kappa shape index (κ1) is 19.1. The summed E-state index contributed by atoms with van der Waals surface area (Å²) < 4.78 is 1.86. The van der Waals surface area contributed by atoms with E-state index in [2.05, 4.69) is 40.8 Å². The molecule has 152 valence electrons. The van der Waals surface area contributed by atoms with Crippen molar-refractivity contribution in [1.82, 2.24) is 29.6 Å². The van der Waals surface area contributed by atoms with Gasteiger partial charge in [0.1, 0.15) is 5.82 Å². The van der Waals surface area contributed by atoms with Crippen LogP contribution in [0.1, 0.15) is 46.4 Å². The Balaban J connectivity index is 1.44. The normalized spacial score (nSPS) is 20.1. The van der Waals surface area contributed by atoms with Crippen molar-refractivity contribution in [2.24, 2.45) is 0 Å². The Morgan fingerprint density at radius 1 is 1.00 bits per heavy atom. The van der Waals surface area contributed by atoms with Gasteiger partial charge in [0.05, 0.1) is 6.04 Å². The van der Waals surface area contributed by atoms with E-state index in [0.29, 0.717) is 0 Å². The Labute approximate surface area is 166 Å². The van der Waals surface area contributed by atoms with E-state index < -0.39 is 0 Å². The van der Waals surface area contributed by atoms with Crippen LogP contribution in [0.2, 0.25) is 0 Å². The molecule has 2 fully saturated rings. The number of amides is 1. The summed E-state index contributed by atoms with van der Waals surface area (Å²) in [6.45, 7) is 13.7. The molecule has 0 radical (unpaired) electrons. The second-order valence-electron chi connectivity index (χ2n) is 8.97. The number of piperazine rings is 1. The van der Waals surface area contributed by atoms with Gasteiger partial charge in [-0.05, 0) is 31.9 Å². The Kier molecular flexibility index (Phi) is 4.99. The SMILES string of the molecule is CC(C(=O)N1CCCC1)N1CCN(c2ccc3nnc(C(C)(C)C)n3n2)CC1. The fourth-order valence-electron chi connectivity index (χ4n) is 4.11. The van der Waals surface area contributed by atoms with Crippen molar-refractivity contribution in [3.8, 4) is 0 Å².